The van der Waals surface area contributed by atoms with Crippen LogP contribution < -0.4 is 10.6 Å². The molecule has 0 unspecified atom stereocenters. The van der Waals surface area contributed by atoms with Crippen molar-refractivity contribution < 1.29 is 19.5 Å². The Morgan fingerprint density at radius 3 is 2.37 bits per heavy atom. The molecule has 2 aromatic carbocycles. The van der Waals surface area contributed by atoms with E-state index in [0.717, 1.165) is 5.56 Å². The lowest BCUT2D eigenvalue weighted by Crippen LogP contribution is -2.36. The molecule has 0 fully saturated rings. The lowest BCUT2D eigenvalue weighted by molar-refractivity contribution is -0.137. The van der Waals surface area contributed by atoms with E-state index in [1.807, 2.05) is 32.0 Å². The maximum Gasteiger partial charge on any atom is 0.323 e. The molecule has 3 N–H and O–H groups in total. The summed E-state index contributed by atoms with van der Waals surface area (Å²) >= 11 is 0. The monoisotopic (exact) mass is 369 g/mol. The van der Waals surface area contributed by atoms with Gasteiger partial charge in [0.25, 0.3) is 5.91 Å². The Hall–Kier alpha value is -3.35. The molecule has 142 valence electrons. The fourth-order valence-electron chi connectivity index (χ4n) is 2.56. The largest absolute Gasteiger partial charge is 0.480 e. The standard InChI is InChI=1S/C20H23N3O4/c1-3-11-23(13-18(24)25)19(26)15-10-9-14(2)17(12-15)22-20(27)21-16-7-5-4-6-8-16/h4-10,12H,3,11,13H2,1-2H3,(H,24,25)(H2,21,22,27). The van der Waals surface area contributed by atoms with Gasteiger partial charge in [-0.05, 0) is 43.2 Å². The van der Waals surface area contributed by atoms with E-state index in [4.69, 9.17) is 5.11 Å². The van der Waals surface area contributed by atoms with Crippen LogP contribution in [-0.4, -0.2) is 41.0 Å². The summed E-state index contributed by atoms with van der Waals surface area (Å²) in [5.74, 6) is -1.45. The van der Waals surface area contributed by atoms with Crippen LogP contribution in [-0.2, 0) is 4.79 Å². The van der Waals surface area contributed by atoms with Crippen molar-refractivity contribution in [2.24, 2.45) is 0 Å². The Labute approximate surface area is 158 Å². The summed E-state index contributed by atoms with van der Waals surface area (Å²) in [4.78, 5) is 37.1. The van der Waals surface area contributed by atoms with Crippen molar-refractivity contribution in [2.45, 2.75) is 20.3 Å². The van der Waals surface area contributed by atoms with Crippen LogP contribution >= 0.6 is 0 Å². The van der Waals surface area contributed by atoms with Gasteiger partial charge in [0.05, 0.1) is 0 Å². The average Bonchev–Trinajstić information content (AvgIpc) is 2.63. The molecule has 3 amide bonds. The van der Waals surface area contributed by atoms with Crippen LogP contribution in [0.15, 0.2) is 48.5 Å². The van der Waals surface area contributed by atoms with E-state index < -0.39 is 12.0 Å². The molecule has 0 aromatic heterocycles. The molecule has 7 heteroatoms. The first-order chi connectivity index (χ1) is 12.9. The number of para-hydroxylation sites is 1. The molecule has 0 atom stereocenters. The summed E-state index contributed by atoms with van der Waals surface area (Å²) in [6.45, 7) is 3.67. The number of hydrogen-bond donors (Lipinski definition) is 3. The number of carbonyl (C=O) groups excluding carboxylic acids is 2. The molecule has 27 heavy (non-hydrogen) atoms. The molecule has 0 saturated carbocycles. The highest BCUT2D eigenvalue weighted by atomic mass is 16.4. The number of rotatable bonds is 7. The third-order valence-electron chi connectivity index (χ3n) is 3.87. The van der Waals surface area contributed by atoms with Crippen molar-refractivity contribution in [3.8, 4) is 0 Å². The van der Waals surface area contributed by atoms with E-state index in [9.17, 15) is 14.4 Å². The number of benzene rings is 2. The fourth-order valence-corrected chi connectivity index (χ4v) is 2.56. The van der Waals surface area contributed by atoms with Crippen molar-refractivity contribution >= 4 is 29.3 Å². The number of nitrogens with zero attached hydrogens (tertiary/aromatic N) is 1. The van der Waals surface area contributed by atoms with Gasteiger partial charge in [0.15, 0.2) is 0 Å². The van der Waals surface area contributed by atoms with Crippen molar-refractivity contribution in [3.05, 3.63) is 59.7 Å². The molecule has 0 aliphatic carbocycles. The SMILES string of the molecule is CCCN(CC(=O)O)C(=O)c1ccc(C)c(NC(=O)Nc2ccccc2)c1. The van der Waals surface area contributed by atoms with E-state index in [-0.39, 0.29) is 12.5 Å². The van der Waals surface area contributed by atoms with Crippen LogP contribution in [0.5, 0.6) is 0 Å². The molecule has 0 bridgehead atoms. The highest BCUT2D eigenvalue weighted by Gasteiger charge is 2.19. The van der Waals surface area contributed by atoms with Crippen molar-refractivity contribution in [2.75, 3.05) is 23.7 Å². The Morgan fingerprint density at radius 1 is 1.04 bits per heavy atom. The molecule has 0 saturated heterocycles. The van der Waals surface area contributed by atoms with E-state index >= 15 is 0 Å². The predicted octanol–water partition coefficient (Wildman–Crippen LogP) is 3.58. The number of carboxylic acid groups (broad SMARTS) is 1. The minimum absolute atomic E-state index is 0.324. The van der Waals surface area contributed by atoms with Crippen LogP contribution in [0.1, 0.15) is 29.3 Å². The number of aryl methyl sites for hydroxylation is 1. The van der Waals surface area contributed by atoms with E-state index in [0.29, 0.717) is 29.9 Å². The molecule has 0 aliphatic rings. The molecule has 0 radical (unpaired) electrons. The van der Waals surface area contributed by atoms with E-state index in [1.165, 1.54) is 4.90 Å². The molecule has 0 spiro atoms. The molecule has 2 rings (SSSR count). The second-order valence-electron chi connectivity index (χ2n) is 6.10. The van der Waals surface area contributed by atoms with Gasteiger partial charge >= 0.3 is 12.0 Å². The smallest absolute Gasteiger partial charge is 0.323 e. The van der Waals surface area contributed by atoms with Gasteiger partial charge in [-0.2, -0.15) is 0 Å². The maximum absolute atomic E-state index is 12.6. The number of urea groups is 1. The van der Waals surface area contributed by atoms with E-state index in [1.54, 1.807) is 30.3 Å². The van der Waals surface area contributed by atoms with Gasteiger partial charge in [0.1, 0.15) is 6.54 Å². The first kappa shape index (κ1) is 20.0. The van der Waals surface area contributed by atoms with Crippen molar-refractivity contribution in [1.82, 2.24) is 4.90 Å². The Morgan fingerprint density at radius 2 is 1.74 bits per heavy atom. The first-order valence-electron chi connectivity index (χ1n) is 8.65. The zero-order valence-electron chi connectivity index (χ0n) is 15.4. The summed E-state index contributed by atoms with van der Waals surface area (Å²) in [7, 11) is 0. The highest BCUT2D eigenvalue weighted by Crippen LogP contribution is 2.19. The highest BCUT2D eigenvalue weighted by molar-refractivity contribution is 6.02. The number of nitrogens with one attached hydrogen (secondary N) is 2. The minimum atomic E-state index is -1.07. The zero-order valence-corrected chi connectivity index (χ0v) is 15.4. The molecule has 7 nitrogen and oxygen atoms in total. The van der Waals surface area contributed by atoms with Crippen LogP contribution in [0, 0.1) is 6.92 Å². The summed E-state index contributed by atoms with van der Waals surface area (Å²) < 4.78 is 0. The summed E-state index contributed by atoms with van der Waals surface area (Å²) in [6.07, 6.45) is 0.648. The second-order valence-corrected chi connectivity index (χ2v) is 6.10. The number of carboxylic acids is 1. The maximum atomic E-state index is 12.6. The second kappa shape index (κ2) is 9.38. The molecular weight excluding hydrogens is 346 g/mol. The lowest BCUT2D eigenvalue weighted by atomic mass is 10.1. The number of amides is 3. The number of hydrogen-bond acceptors (Lipinski definition) is 3. The summed E-state index contributed by atoms with van der Waals surface area (Å²) in [5, 5.41) is 14.4. The third kappa shape index (κ3) is 5.85. The number of carbonyl (C=O) groups is 3. The van der Waals surface area contributed by atoms with Gasteiger partial charge in [0, 0.05) is 23.5 Å². The zero-order chi connectivity index (χ0) is 19.8. The van der Waals surface area contributed by atoms with Gasteiger partial charge in [-0.3, -0.25) is 9.59 Å². The van der Waals surface area contributed by atoms with Gasteiger partial charge in [-0.25, -0.2) is 4.79 Å². The van der Waals surface area contributed by atoms with Gasteiger partial charge in [0.2, 0.25) is 0 Å². The van der Waals surface area contributed by atoms with Gasteiger partial charge in [-0.1, -0.05) is 31.2 Å². The first-order valence-corrected chi connectivity index (χ1v) is 8.65. The molecular formula is C20H23N3O4. The molecule has 0 aliphatic heterocycles. The normalized spacial score (nSPS) is 10.1. The summed E-state index contributed by atoms with van der Waals surface area (Å²) in [6, 6.07) is 13.5. The lowest BCUT2D eigenvalue weighted by Gasteiger charge is -2.20. The van der Waals surface area contributed by atoms with Crippen LogP contribution in [0.4, 0.5) is 16.2 Å². The van der Waals surface area contributed by atoms with Crippen LogP contribution in [0.3, 0.4) is 0 Å². The Balaban J connectivity index is 2.15. The number of aliphatic carboxylic acids is 1. The van der Waals surface area contributed by atoms with Crippen molar-refractivity contribution in [1.29, 1.82) is 0 Å². The number of anilines is 2. The Kier molecular flexibility index (Phi) is 6.93. The fraction of sp³-hybridized carbons (Fsp3) is 0.250. The van der Waals surface area contributed by atoms with E-state index in [2.05, 4.69) is 10.6 Å². The van der Waals surface area contributed by atoms with Crippen molar-refractivity contribution in [3.63, 3.8) is 0 Å². The summed E-state index contributed by atoms with van der Waals surface area (Å²) in [5.41, 5.74) is 2.25. The Bertz CT molecular complexity index is 821. The molecule has 2 aromatic rings. The minimum Gasteiger partial charge on any atom is -0.480 e. The van der Waals surface area contributed by atoms with Gasteiger partial charge in [-0.15, -0.1) is 0 Å². The average molecular weight is 369 g/mol. The topological polar surface area (TPSA) is 98.7 Å². The predicted molar refractivity (Wildman–Crippen MR) is 104 cm³/mol. The third-order valence-corrected chi connectivity index (χ3v) is 3.87. The van der Waals surface area contributed by atoms with Crippen LogP contribution in [0.25, 0.3) is 0 Å². The van der Waals surface area contributed by atoms with Gasteiger partial charge < -0.3 is 20.6 Å². The quantitative estimate of drug-likeness (QED) is 0.695. The molecule has 0 heterocycles. The van der Waals surface area contributed by atoms with Crippen LogP contribution in [0.2, 0.25) is 0 Å².